The molecule has 82 valence electrons. The van der Waals surface area contributed by atoms with Crippen LogP contribution >= 0.6 is 0 Å². The average molecular weight is 200 g/mol. The van der Waals surface area contributed by atoms with Crippen molar-refractivity contribution in [3.8, 4) is 0 Å². The van der Waals surface area contributed by atoms with E-state index in [-0.39, 0.29) is 12.1 Å². The average Bonchev–Trinajstić information content (AvgIpc) is 1.96. The van der Waals surface area contributed by atoms with Crippen molar-refractivity contribution in [3.05, 3.63) is 12.7 Å². The van der Waals surface area contributed by atoms with E-state index < -0.39 is 5.60 Å². The molecule has 0 aliphatic heterocycles. The normalized spacial score (nSPS) is 13.4. The van der Waals surface area contributed by atoms with Gasteiger partial charge in [-0.3, -0.25) is 4.79 Å². The smallest absolute Gasteiger partial charge is 0.303 e. The fraction of sp³-hybridized carbons (Fsp3) is 0.727. The largest absolute Gasteiger partial charge is 0.460 e. The van der Waals surface area contributed by atoms with Gasteiger partial charge in [0.1, 0.15) is 5.60 Å². The minimum Gasteiger partial charge on any atom is -0.460 e. The molecule has 0 N–H and O–H groups in total. The molecule has 0 aliphatic carbocycles. The minimum atomic E-state index is -0.466. The summed E-state index contributed by atoms with van der Waals surface area (Å²) in [5, 5.41) is 0. The van der Waals surface area contributed by atoms with Crippen LogP contribution in [0, 0.1) is 0 Å². The quantitative estimate of drug-likeness (QED) is 0.487. The van der Waals surface area contributed by atoms with Gasteiger partial charge in [0.05, 0.1) is 12.7 Å². The van der Waals surface area contributed by atoms with Gasteiger partial charge < -0.3 is 9.47 Å². The fourth-order valence-electron chi connectivity index (χ4n) is 1.41. The number of carbonyl (C=O) groups excluding carboxylic acids is 1. The van der Waals surface area contributed by atoms with Crippen LogP contribution < -0.4 is 0 Å². The zero-order valence-electron chi connectivity index (χ0n) is 9.50. The van der Waals surface area contributed by atoms with Gasteiger partial charge in [0, 0.05) is 13.3 Å². The van der Waals surface area contributed by atoms with Gasteiger partial charge >= 0.3 is 5.97 Å². The number of hydrogen-bond acceptors (Lipinski definition) is 3. The van der Waals surface area contributed by atoms with E-state index in [0.717, 1.165) is 0 Å². The molecule has 14 heavy (non-hydrogen) atoms. The summed E-state index contributed by atoms with van der Waals surface area (Å²) in [4.78, 5) is 10.8. The molecule has 1 unspecified atom stereocenters. The number of rotatable bonds is 6. The van der Waals surface area contributed by atoms with Crippen LogP contribution in [0.2, 0.25) is 0 Å². The predicted octanol–water partition coefficient (Wildman–Crippen LogP) is 2.31. The summed E-state index contributed by atoms with van der Waals surface area (Å²) in [6.45, 7) is 11.2. The van der Waals surface area contributed by atoms with Crippen LogP contribution in [0.1, 0.15) is 34.1 Å². The lowest BCUT2D eigenvalue weighted by Crippen LogP contribution is -2.31. The Kier molecular flexibility index (Phi) is 5.46. The van der Waals surface area contributed by atoms with Gasteiger partial charge in [0.2, 0.25) is 0 Å². The maximum Gasteiger partial charge on any atom is 0.303 e. The molecule has 0 saturated carbocycles. The SMILES string of the molecule is C=CCOC(C)CC(C)(C)OC(C)=O. The van der Waals surface area contributed by atoms with Crippen molar-refractivity contribution >= 4 is 5.97 Å². The molecule has 3 nitrogen and oxygen atoms in total. The summed E-state index contributed by atoms with van der Waals surface area (Å²) in [6, 6.07) is 0. The van der Waals surface area contributed by atoms with E-state index in [9.17, 15) is 4.79 Å². The summed E-state index contributed by atoms with van der Waals surface area (Å²) in [5.74, 6) is -0.258. The van der Waals surface area contributed by atoms with Gasteiger partial charge in [-0.2, -0.15) is 0 Å². The Bertz CT molecular complexity index is 197. The topological polar surface area (TPSA) is 35.5 Å². The molecule has 0 aromatic heterocycles. The number of carbonyl (C=O) groups is 1. The Morgan fingerprint density at radius 3 is 2.57 bits per heavy atom. The molecule has 0 aromatic rings. The van der Waals surface area contributed by atoms with Gasteiger partial charge in [0.25, 0.3) is 0 Å². The summed E-state index contributed by atoms with van der Waals surface area (Å²) in [6.07, 6.45) is 2.44. The second-order valence-electron chi connectivity index (χ2n) is 3.99. The molecule has 0 spiro atoms. The molecule has 0 aliphatic rings. The molecule has 0 radical (unpaired) electrons. The maximum absolute atomic E-state index is 10.8. The van der Waals surface area contributed by atoms with Crippen LogP contribution in [0.3, 0.4) is 0 Å². The molecule has 0 heterocycles. The highest BCUT2D eigenvalue weighted by atomic mass is 16.6. The lowest BCUT2D eigenvalue weighted by Gasteiger charge is -2.27. The third-order valence-corrected chi connectivity index (χ3v) is 1.70. The molecular weight excluding hydrogens is 180 g/mol. The number of ether oxygens (including phenoxy) is 2. The van der Waals surface area contributed by atoms with Crippen LogP contribution in [-0.2, 0) is 14.3 Å². The second kappa shape index (κ2) is 5.81. The predicted molar refractivity (Wildman–Crippen MR) is 56.1 cm³/mol. The zero-order valence-corrected chi connectivity index (χ0v) is 9.50. The molecule has 3 heteroatoms. The first-order valence-electron chi connectivity index (χ1n) is 4.79. The first-order valence-corrected chi connectivity index (χ1v) is 4.79. The van der Waals surface area contributed by atoms with Crippen LogP contribution in [0.25, 0.3) is 0 Å². The molecule has 0 bridgehead atoms. The monoisotopic (exact) mass is 200 g/mol. The fourth-order valence-corrected chi connectivity index (χ4v) is 1.41. The van der Waals surface area contributed by atoms with Gasteiger partial charge in [0.15, 0.2) is 0 Å². The summed E-state index contributed by atoms with van der Waals surface area (Å²) in [5.41, 5.74) is -0.466. The molecule has 0 saturated heterocycles. The van der Waals surface area contributed by atoms with E-state index in [2.05, 4.69) is 6.58 Å². The van der Waals surface area contributed by atoms with E-state index in [1.54, 1.807) is 6.08 Å². The highest BCUT2D eigenvalue weighted by Crippen LogP contribution is 2.18. The molecule has 1 atom stereocenters. The van der Waals surface area contributed by atoms with Crippen LogP contribution in [0.4, 0.5) is 0 Å². The van der Waals surface area contributed by atoms with Gasteiger partial charge in [-0.05, 0) is 20.8 Å². The van der Waals surface area contributed by atoms with Crippen molar-refractivity contribution in [1.82, 2.24) is 0 Å². The Labute approximate surface area is 86.1 Å². The Balaban J connectivity index is 3.93. The van der Waals surface area contributed by atoms with Crippen LogP contribution in [-0.4, -0.2) is 24.3 Å². The van der Waals surface area contributed by atoms with Crippen LogP contribution in [0.15, 0.2) is 12.7 Å². The standard InChI is InChI=1S/C11H20O3/c1-6-7-13-9(2)8-11(4,5)14-10(3)12/h6,9H,1,7-8H2,2-5H3. The van der Waals surface area contributed by atoms with E-state index in [1.165, 1.54) is 6.92 Å². The highest BCUT2D eigenvalue weighted by molar-refractivity contribution is 5.66. The first kappa shape index (κ1) is 13.2. The molecule has 0 rings (SSSR count). The zero-order chi connectivity index (χ0) is 11.2. The summed E-state index contributed by atoms with van der Waals surface area (Å²) in [7, 11) is 0. The first-order chi connectivity index (χ1) is 6.37. The minimum absolute atomic E-state index is 0.0577. The van der Waals surface area contributed by atoms with Gasteiger partial charge in [-0.15, -0.1) is 6.58 Å². The third kappa shape index (κ3) is 6.66. The molecular formula is C11H20O3. The molecule has 0 amide bonds. The van der Waals surface area contributed by atoms with E-state index in [1.807, 2.05) is 20.8 Å². The third-order valence-electron chi connectivity index (χ3n) is 1.70. The van der Waals surface area contributed by atoms with Crippen LogP contribution in [0.5, 0.6) is 0 Å². The number of hydrogen-bond donors (Lipinski definition) is 0. The van der Waals surface area contributed by atoms with Crippen molar-refractivity contribution in [2.45, 2.75) is 45.8 Å². The lowest BCUT2D eigenvalue weighted by atomic mass is 10.0. The van der Waals surface area contributed by atoms with Gasteiger partial charge in [-0.1, -0.05) is 6.08 Å². The molecule has 0 aromatic carbocycles. The Morgan fingerprint density at radius 2 is 2.14 bits per heavy atom. The number of esters is 1. The Morgan fingerprint density at radius 1 is 1.57 bits per heavy atom. The second-order valence-corrected chi connectivity index (χ2v) is 3.99. The van der Waals surface area contributed by atoms with E-state index in [4.69, 9.17) is 9.47 Å². The van der Waals surface area contributed by atoms with Crippen molar-refractivity contribution < 1.29 is 14.3 Å². The van der Waals surface area contributed by atoms with Crippen molar-refractivity contribution in [3.63, 3.8) is 0 Å². The van der Waals surface area contributed by atoms with E-state index in [0.29, 0.717) is 13.0 Å². The van der Waals surface area contributed by atoms with E-state index >= 15 is 0 Å². The lowest BCUT2D eigenvalue weighted by molar-refractivity contribution is -0.156. The molecule has 0 fully saturated rings. The van der Waals surface area contributed by atoms with Crippen molar-refractivity contribution in [2.24, 2.45) is 0 Å². The maximum atomic E-state index is 10.8. The van der Waals surface area contributed by atoms with Crippen molar-refractivity contribution in [2.75, 3.05) is 6.61 Å². The summed E-state index contributed by atoms with van der Waals surface area (Å²) < 4.78 is 10.5. The van der Waals surface area contributed by atoms with Gasteiger partial charge in [-0.25, -0.2) is 0 Å². The van der Waals surface area contributed by atoms with Crippen molar-refractivity contribution in [1.29, 1.82) is 0 Å². The summed E-state index contributed by atoms with van der Waals surface area (Å²) >= 11 is 0. The highest BCUT2D eigenvalue weighted by Gasteiger charge is 2.24. The Hall–Kier alpha value is -0.830.